The molecule has 26 heavy (non-hydrogen) atoms. The van der Waals surface area contributed by atoms with Crippen LogP contribution in [0.1, 0.15) is 24.8 Å². The van der Waals surface area contributed by atoms with Crippen LogP contribution in [0.25, 0.3) is 11.4 Å². The summed E-state index contributed by atoms with van der Waals surface area (Å²) in [6, 6.07) is 17.8. The van der Waals surface area contributed by atoms with E-state index in [4.69, 9.17) is 11.6 Å². The molecule has 0 spiro atoms. The molecule has 1 aliphatic rings. The molecule has 1 atom stereocenters. The first-order valence-corrected chi connectivity index (χ1v) is 9.89. The van der Waals surface area contributed by atoms with E-state index in [1.165, 1.54) is 17.3 Å². The van der Waals surface area contributed by atoms with Gasteiger partial charge < -0.3 is 0 Å². The van der Waals surface area contributed by atoms with Gasteiger partial charge in [-0.2, -0.15) is 0 Å². The standard InChI is InChI=1S/C20H18ClN3OS/c21-16-11-9-15(10-12-16)19-22-23-20(26-18-8-4-7-17(18)25)24(19)13-14-5-2-1-3-6-14/h1-3,5-6,9-12,18H,4,7-8,13H2/t18-/m1/s1. The number of thioether (sulfide) groups is 1. The molecule has 0 amide bonds. The minimum atomic E-state index is -0.00760. The number of Topliss-reactive ketones (excluding diaryl/α,β-unsaturated/α-hetero) is 1. The van der Waals surface area contributed by atoms with Gasteiger partial charge in [0, 0.05) is 17.0 Å². The van der Waals surface area contributed by atoms with Gasteiger partial charge >= 0.3 is 0 Å². The molecule has 0 aliphatic heterocycles. The van der Waals surface area contributed by atoms with Gasteiger partial charge in [0.25, 0.3) is 0 Å². The molecule has 132 valence electrons. The fourth-order valence-corrected chi connectivity index (χ4v) is 4.41. The first kappa shape index (κ1) is 17.3. The van der Waals surface area contributed by atoms with Crippen molar-refractivity contribution in [2.45, 2.75) is 36.2 Å². The molecule has 4 rings (SSSR count). The average molecular weight is 384 g/mol. The number of aromatic nitrogens is 3. The zero-order valence-electron chi connectivity index (χ0n) is 14.1. The van der Waals surface area contributed by atoms with Crippen molar-refractivity contribution in [2.24, 2.45) is 0 Å². The number of carbonyl (C=O) groups excluding carboxylic acids is 1. The summed E-state index contributed by atoms with van der Waals surface area (Å²) in [5, 5.41) is 10.3. The maximum atomic E-state index is 12.1. The van der Waals surface area contributed by atoms with Crippen molar-refractivity contribution in [2.75, 3.05) is 0 Å². The van der Waals surface area contributed by atoms with E-state index >= 15 is 0 Å². The molecule has 0 bridgehead atoms. The first-order chi connectivity index (χ1) is 12.7. The van der Waals surface area contributed by atoms with E-state index < -0.39 is 0 Å². The summed E-state index contributed by atoms with van der Waals surface area (Å²) in [6.45, 7) is 0.662. The van der Waals surface area contributed by atoms with Gasteiger partial charge in [-0.1, -0.05) is 53.7 Å². The van der Waals surface area contributed by atoms with E-state index in [-0.39, 0.29) is 5.25 Å². The molecule has 3 aromatic rings. The average Bonchev–Trinajstić information content (AvgIpc) is 3.24. The summed E-state index contributed by atoms with van der Waals surface area (Å²) in [5.74, 6) is 1.11. The summed E-state index contributed by atoms with van der Waals surface area (Å²) in [7, 11) is 0. The maximum absolute atomic E-state index is 12.1. The molecule has 1 saturated carbocycles. The Hall–Kier alpha value is -2.11. The van der Waals surface area contributed by atoms with Crippen molar-refractivity contribution < 1.29 is 4.79 Å². The topological polar surface area (TPSA) is 47.8 Å². The van der Waals surface area contributed by atoms with Crippen molar-refractivity contribution in [3.63, 3.8) is 0 Å². The largest absolute Gasteiger partial charge is 0.298 e. The molecule has 1 fully saturated rings. The zero-order chi connectivity index (χ0) is 17.9. The monoisotopic (exact) mass is 383 g/mol. The second kappa shape index (κ2) is 7.64. The van der Waals surface area contributed by atoms with Crippen LogP contribution in [0.15, 0.2) is 59.8 Å². The molecule has 1 aliphatic carbocycles. The van der Waals surface area contributed by atoms with Gasteiger partial charge in [-0.05, 0) is 42.7 Å². The van der Waals surface area contributed by atoms with Crippen molar-refractivity contribution >= 4 is 29.1 Å². The Bertz CT molecular complexity index is 909. The Morgan fingerprint density at radius 1 is 1.08 bits per heavy atom. The lowest BCUT2D eigenvalue weighted by molar-refractivity contribution is -0.116. The van der Waals surface area contributed by atoms with Crippen LogP contribution in [0.4, 0.5) is 0 Å². The van der Waals surface area contributed by atoms with Crippen LogP contribution in [0.5, 0.6) is 0 Å². The number of hydrogen-bond donors (Lipinski definition) is 0. The highest BCUT2D eigenvalue weighted by Crippen LogP contribution is 2.34. The normalized spacial score (nSPS) is 17.0. The fourth-order valence-electron chi connectivity index (χ4n) is 3.13. The van der Waals surface area contributed by atoms with E-state index in [9.17, 15) is 4.79 Å². The van der Waals surface area contributed by atoms with E-state index in [1.807, 2.05) is 42.5 Å². The Kier molecular flexibility index (Phi) is 5.09. The van der Waals surface area contributed by atoms with Crippen LogP contribution in [0.3, 0.4) is 0 Å². The molecule has 2 aromatic carbocycles. The highest BCUT2D eigenvalue weighted by molar-refractivity contribution is 8.00. The SMILES string of the molecule is O=C1CCC[C@H]1Sc1nnc(-c2ccc(Cl)cc2)n1Cc1ccccc1. The fraction of sp³-hybridized carbons (Fsp3) is 0.250. The van der Waals surface area contributed by atoms with Gasteiger partial charge in [-0.25, -0.2) is 0 Å². The van der Waals surface area contributed by atoms with Gasteiger partial charge in [0.1, 0.15) is 5.78 Å². The van der Waals surface area contributed by atoms with Crippen molar-refractivity contribution in [1.82, 2.24) is 14.8 Å². The third kappa shape index (κ3) is 3.69. The van der Waals surface area contributed by atoms with E-state index in [2.05, 4.69) is 26.9 Å². The number of carbonyl (C=O) groups is 1. The highest BCUT2D eigenvalue weighted by atomic mass is 35.5. The molecule has 0 unspecified atom stereocenters. The summed E-state index contributed by atoms with van der Waals surface area (Å²) < 4.78 is 2.09. The first-order valence-electron chi connectivity index (χ1n) is 8.63. The molecule has 0 saturated heterocycles. The number of rotatable bonds is 5. The van der Waals surface area contributed by atoms with Crippen LogP contribution in [-0.2, 0) is 11.3 Å². The van der Waals surface area contributed by atoms with Gasteiger partial charge in [0.05, 0.1) is 11.8 Å². The van der Waals surface area contributed by atoms with E-state index in [0.717, 1.165) is 29.4 Å². The Balaban J connectivity index is 1.71. The van der Waals surface area contributed by atoms with Gasteiger partial charge in [-0.15, -0.1) is 10.2 Å². The number of halogens is 1. The second-order valence-corrected chi connectivity index (χ2v) is 7.96. The molecule has 4 nitrogen and oxygen atoms in total. The molecule has 1 heterocycles. The van der Waals surface area contributed by atoms with E-state index in [0.29, 0.717) is 23.8 Å². The quantitative estimate of drug-likeness (QED) is 0.631. The van der Waals surface area contributed by atoms with Crippen LogP contribution >= 0.6 is 23.4 Å². The molecule has 0 radical (unpaired) electrons. The minimum Gasteiger partial charge on any atom is -0.298 e. The second-order valence-electron chi connectivity index (χ2n) is 6.35. The van der Waals surface area contributed by atoms with Crippen LogP contribution in [0, 0.1) is 0 Å². The lowest BCUT2D eigenvalue weighted by Crippen LogP contribution is -2.11. The summed E-state index contributed by atoms with van der Waals surface area (Å²) in [5.41, 5.74) is 2.13. The van der Waals surface area contributed by atoms with Crippen molar-refractivity contribution in [3.8, 4) is 11.4 Å². The number of hydrogen-bond acceptors (Lipinski definition) is 4. The van der Waals surface area contributed by atoms with Crippen LogP contribution in [0.2, 0.25) is 5.02 Å². The molecule has 0 N–H and O–H groups in total. The Morgan fingerprint density at radius 2 is 1.85 bits per heavy atom. The smallest absolute Gasteiger partial charge is 0.192 e. The summed E-state index contributed by atoms with van der Waals surface area (Å²) in [6.07, 6.45) is 2.56. The molecular weight excluding hydrogens is 366 g/mol. The number of nitrogens with zero attached hydrogens (tertiary/aromatic N) is 3. The van der Waals surface area contributed by atoms with E-state index in [1.54, 1.807) is 0 Å². The Morgan fingerprint density at radius 3 is 2.54 bits per heavy atom. The third-order valence-electron chi connectivity index (χ3n) is 4.50. The molecule has 6 heteroatoms. The lowest BCUT2D eigenvalue weighted by atomic mass is 10.2. The molecular formula is C20H18ClN3OS. The third-order valence-corrected chi connectivity index (χ3v) is 6.05. The summed E-state index contributed by atoms with van der Waals surface area (Å²) in [4.78, 5) is 12.1. The summed E-state index contributed by atoms with van der Waals surface area (Å²) >= 11 is 7.56. The van der Waals surface area contributed by atoms with Crippen LogP contribution in [-0.4, -0.2) is 25.8 Å². The van der Waals surface area contributed by atoms with Crippen molar-refractivity contribution in [3.05, 3.63) is 65.2 Å². The highest BCUT2D eigenvalue weighted by Gasteiger charge is 2.28. The van der Waals surface area contributed by atoms with Gasteiger partial charge in [0.2, 0.25) is 0 Å². The predicted octanol–water partition coefficient (Wildman–Crippen LogP) is 4.86. The predicted molar refractivity (Wildman–Crippen MR) is 105 cm³/mol. The molecule has 1 aromatic heterocycles. The van der Waals surface area contributed by atoms with Gasteiger partial charge in [-0.3, -0.25) is 9.36 Å². The maximum Gasteiger partial charge on any atom is 0.192 e. The van der Waals surface area contributed by atoms with Crippen molar-refractivity contribution in [1.29, 1.82) is 0 Å². The number of ketones is 1. The number of benzene rings is 2. The Labute approximate surface area is 161 Å². The lowest BCUT2D eigenvalue weighted by Gasteiger charge is -2.12. The zero-order valence-corrected chi connectivity index (χ0v) is 15.7. The van der Waals surface area contributed by atoms with Crippen LogP contribution < -0.4 is 0 Å². The minimum absolute atomic E-state index is 0.00760. The van der Waals surface area contributed by atoms with Gasteiger partial charge in [0.15, 0.2) is 11.0 Å².